The van der Waals surface area contributed by atoms with Crippen LogP contribution in [0.5, 0.6) is 0 Å². The highest BCUT2D eigenvalue weighted by atomic mass is 16.2. The molecule has 0 radical (unpaired) electrons. The summed E-state index contributed by atoms with van der Waals surface area (Å²) in [4.78, 5) is 16.3. The van der Waals surface area contributed by atoms with Crippen LogP contribution in [0.3, 0.4) is 0 Å². The molecule has 2 aromatic heterocycles. The van der Waals surface area contributed by atoms with Gasteiger partial charge < -0.3 is 5.32 Å². The second-order valence-electron chi connectivity index (χ2n) is 6.61. The first-order valence-corrected chi connectivity index (χ1v) is 7.39. The largest absolute Gasteiger partial charge is 0.307 e. The Bertz CT molecular complexity index is 642. The summed E-state index contributed by atoms with van der Waals surface area (Å²) in [5.41, 5.74) is 1.83. The van der Waals surface area contributed by atoms with E-state index in [4.69, 9.17) is 0 Å². The molecule has 2 heterocycles. The van der Waals surface area contributed by atoms with Crippen LogP contribution in [0.1, 0.15) is 39.0 Å². The van der Waals surface area contributed by atoms with Gasteiger partial charge >= 0.3 is 0 Å². The van der Waals surface area contributed by atoms with Gasteiger partial charge in [-0.1, -0.05) is 32.9 Å². The van der Waals surface area contributed by atoms with E-state index < -0.39 is 0 Å². The quantitative estimate of drug-likeness (QED) is 0.942. The maximum Gasteiger partial charge on any atom is 0.228 e. The summed E-state index contributed by atoms with van der Waals surface area (Å²) in [6.45, 7) is 10.6. The van der Waals surface area contributed by atoms with E-state index in [1.807, 2.05) is 46.8 Å². The molecule has 1 atom stereocenters. The highest BCUT2D eigenvalue weighted by molar-refractivity contribution is 5.92. The van der Waals surface area contributed by atoms with Crippen LogP contribution < -0.4 is 5.32 Å². The van der Waals surface area contributed by atoms with Gasteiger partial charge in [0.05, 0.1) is 12.2 Å². The molecule has 0 aliphatic heterocycles. The highest BCUT2D eigenvalue weighted by Crippen LogP contribution is 2.26. The molecule has 0 saturated carbocycles. The van der Waals surface area contributed by atoms with Crippen LogP contribution in [-0.2, 0) is 11.3 Å². The van der Waals surface area contributed by atoms with Gasteiger partial charge in [0.1, 0.15) is 0 Å². The lowest BCUT2D eigenvalue weighted by molar-refractivity contribution is -0.122. The van der Waals surface area contributed by atoms with Crippen LogP contribution >= 0.6 is 0 Å². The van der Waals surface area contributed by atoms with Gasteiger partial charge in [-0.15, -0.1) is 5.10 Å². The fraction of sp³-hybridized carbons (Fsp3) is 0.500. The van der Waals surface area contributed by atoms with Crippen LogP contribution in [0.2, 0.25) is 0 Å². The van der Waals surface area contributed by atoms with Gasteiger partial charge in [0, 0.05) is 18.3 Å². The average molecular weight is 301 g/mol. The molecule has 0 fully saturated rings. The van der Waals surface area contributed by atoms with Crippen LogP contribution in [0, 0.1) is 18.3 Å². The molecule has 0 aromatic carbocycles. The summed E-state index contributed by atoms with van der Waals surface area (Å²) in [7, 11) is 0. The van der Waals surface area contributed by atoms with Gasteiger partial charge in [-0.05, 0) is 30.0 Å². The molecule has 118 valence electrons. The Labute approximate surface area is 130 Å². The summed E-state index contributed by atoms with van der Waals surface area (Å²) in [5, 5.41) is 11.1. The van der Waals surface area contributed by atoms with Crippen molar-refractivity contribution in [3.63, 3.8) is 0 Å². The first kappa shape index (κ1) is 16.1. The van der Waals surface area contributed by atoms with Gasteiger partial charge in [-0.3, -0.25) is 9.78 Å². The van der Waals surface area contributed by atoms with E-state index in [-0.39, 0.29) is 17.2 Å². The van der Waals surface area contributed by atoms with Gasteiger partial charge in [0.2, 0.25) is 5.91 Å². The molecule has 6 nitrogen and oxygen atoms in total. The maximum absolute atomic E-state index is 12.3. The molecule has 1 unspecified atom stereocenters. The SMILES string of the molecule is Cc1c(NC(=O)C(C)C(C)(C)C)nnn1Cc1ccncc1. The fourth-order valence-electron chi connectivity index (χ4n) is 1.91. The molecular weight excluding hydrogens is 278 g/mol. The molecule has 1 amide bonds. The van der Waals surface area contributed by atoms with E-state index in [1.165, 1.54) is 0 Å². The second-order valence-corrected chi connectivity index (χ2v) is 6.61. The van der Waals surface area contributed by atoms with E-state index in [0.717, 1.165) is 11.3 Å². The summed E-state index contributed by atoms with van der Waals surface area (Å²) in [6.07, 6.45) is 3.49. The number of carbonyl (C=O) groups is 1. The van der Waals surface area contributed by atoms with Crippen LogP contribution in [-0.4, -0.2) is 25.9 Å². The third kappa shape index (κ3) is 3.69. The third-order valence-electron chi connectivity index (χ3n) is 4.00. The lowest BCUT2D eigenvalue weighted by atomic mass is 9.81. The van der Waals surface area contributed by atoms with Crippen molar-refractivity contribution in [2.45, 2.75) is 41.2 Å². The molecule has 0 saturated heterocycles. The number of nitrogens with one attached hydrogen (secondary N) is 1. The van der Waals surface area contributed by atoms with Crippen LogP contribution in [0.15, 0.2) is 24.5 Å². The normalized spacial score (nSPS) is 13.0. The smallest absolute Gasteiger partial charge is 0.228 e. The molecular formula is C16H23N5O. The Hall–Kier alpha value is -2.24. The zero-order chi connectivity index (χ0) is 16.3. The zero-order valence-corrected chi connectivity index (χ0v) is 13.8. The number of pyridine rings is 1. The Morgan fingerprint density at radius 1 is 1.32 bits per heavy atom. The number of carbonyl (C=O) groups excluding carboxylic acids is 1. The molecule has 22 heavy (non-hydrogen) atoms. The predicted molar refractivity (Wildman–Crippen MR) is 85.3 cm³/mol. The Morgan fingerprint density at radius 2 is 1.95 bits per heavy atom. The van der Waals surface area contributed by atoms with Crippen molar-refractivity contribution >= 4 is 11.7 Å². The van der Waals surface area contributed by atoms with Gasteiger partial charge in [0.25, 0.3) is 0 Å². The monoisotopic (exact) mass is 301 g/mol. The van der Waals surface area contributed by atoms with E-state index >= 15 is 0 Å². The Morgan fingerprint density at radius 3 is 2.55 bits per heavy atom. The summed E-state index contributed by atoms with van der Waals surface area (Å²) >= 11 is 0. The van der Waals surface area contributed by atoms with Crippen molar-refractivity contribution in [3.05, 3.63) is 35.8 Å². The molecule has 0 aliphatic rings. The Kier molecular flexibility index (Phi) is 4.59. The summed E-state index contributed by atoms with van der Waals surface area (Å²) in [6, 6.07) is 3.86. The molecule has 0 spiro atoms. The molecule has 2 aromatic rings. The second kappa shape index (κ2) is 6.25. The lowest BCUT2D eigenvalue weighted by Crippen LogP contribution is -2.31. The van der Waals surface area contributed by atoms with Crippen LogP contribution in [0.4, 0.5) is 5.82 Å². The number of aromatic nitrogens is 4. The number of hydrogen-bond acceptors (Lipinski definition) is 4. The number of rotatable bonds is 4. The topological polar surface area (TPSA) is 72.7 Å². The molecule has 6 heteroatoms. The van der Waals surface area contributed by atoms with E-state index in [9.17, 15) is 4.79 Å². The fourth-order valence-corrected chi connectivity index (χ4v) is 1.91. The lowest BCUT2D eigenvalue weighted by Gasteiger charge is -2.25. The number of nitrogens with zero attached hydrogens (tertiary/aromatic N) is 4. The third-order valence-corrected chi connectivity index (χ3v) is 4.00. The molecule has 1 N–H and O–H groups in total. The van der Waals surface area contributed by atoms with Crippen molar-refractivity contribution in [3.8, 4) is 0 Å². The van der Waals surface area contributed by atoms with Gasteiger partial charge in [-0.25, -0.2) is 4.68 Å². The van der Waals surface area contributed by atoms with Crippen molar-refractivity contribution < 1.29 is 4.79 Å². The van der Waals surface area contributed by atoms with E-state index in [1.54, 1.807) is 17.1 Å². The molecule has 0 bridgehead atoms. The van der Waals surface area contributed by atoms with Crippen molar-refractivity contribution in [1.82, 2.24) is 20.0 Å². The van der Waals surface area contributed by atoms with Crippen LogP contribution in [0.25, 0.3) is 0 Å². The minimum Gasteiger partial charge on any atom is -0.307 e. The number of anilines is 1. The predicted octanol–water partition coefficient (Wildman–Crippen LogP) is 2.65. The van der Waals surface area contributed by atoms with Crippen molar-refractivity contribution in [1.29, 1.82) is 0 Å². The average Bonchev–Trinajstić information content (AvgIpc) is 2.79. The van der Waals surface area contributed by atoms with Gasteiger partial charge in [0.15, 0.2) is 5.82 Å². The summed E-state index contributed by atoms with van der Waals surface area (Å²) in [5.74, 6) is 0.374. The summed E-state index contributed by atoms with van der Waals surface area (Å²) < 4.78 is 1.77. The number of amides is 1. The Balaban J connectivity index is 2.10. The maximum atomic E-state index is 12.3. The highest BCUT2D eigenvalue weighted by Gasteiger charge is 2.27. The van der Waals surface area contributed by atoms with E-state index in [0.29, 0.717) is 12.4 Å². The van der Waals surface area contributed by atoms with Crippen molar-refractivity contribution in [2.75, 3.05) is 5.32 Å². The van der Waals surface area contributed by atoms with E-state index in [2.05, 4.69) is 20.6 Å². The molecule has 2 rings (SSSR count). The van der Waals surface area contributed by atoms with Gasteiger partial charge in [-0.2, -0.15) is 0 Å². The standard InChI is InChI=1S/C16H23N5O/c1-11(16(3,4)5)15(22)18-14-12(2)21(20-19-14)10-13-6-8-17-9-7-13/h6-9,11H,10H2,1-5H3,(H,18,22). The number of hydrogen-bond donors (Lipinski definition) is 1. The zero-order valence-electron chi connectivity index (χ0n) is 13.8. The minimum absolute atomic E-state index is 0.0356. The molecule has 0 aliphatic carbocycles. The van der Waals surface area contributed by atoms with Crippen molar-refractivity contribution in [2.24, 2.45) is 11.3 Å². The first-order chi connectivity index (χ1) is 10.3. The minimum atomic E-state index is -0.114. The first-order valence-electron chi connectivity index (χ1n) is 7.39.